The third-order valence-corrected chi connectivity index (χ3v) is 3.44. The van der Waals surface area contributed by atoms with E-state index in [9.17, 15) is 14.0 Å². The molecular formula is C10H12BrFN2O4. The van der Waals surface area contributed by atoms with E-state index < -0.39 is 36.4 Å². The average molecular weight is 323 g/mol. The summed E-state index contributed by atoms with van der Waals surface area (Å²) in [5.74, 6) is 0. The summed E-state index contributed by atoms with van der Waals surface area (Å²) in [6.07, 6.45) is -1.75. The van der Waals surface area contributed by atoms with Gasteiger partial charge in [0.15, 0.2) is 0 Å². The SMILES string of the molecule is O=c1[nH]c(=O)n([C@@H]2CC(F)[C@H](CO)O2)cc1CBr. The van der Waals surface area contributed by atoms with Crippen LogP contribution in [-0.2, 0) is 10.1 Å². The first-order chi connectivity index (χ1) is 8.56. The highest BCUT2D eigenvalue weighted by Crippen LogP contribution is 2.29. The number of nitrogens with one attached hydrogen (secondary N) is 1. The highest BCUT2D eigenvalue weighted by Gasteiger charge is 2.36. The molecule has 1 fully saturated rings. The Kier molecular flexibility index (Phi) is 3.98. The van der Waals surface area contributed by atoms with Crippen LogP contribution in [0.5, 0.6) is 0 Å². The van der Waals surface area contributed by atoms with E-state index in [1.165, 1.54) is 6.20 Å². The molecule has 100 valence electrons. The van der Waals surface area contributed by atoms with Gasteiger partial charge in [-0.25, -0.2) is 9.18 Å². The average Bonchev–Trinajstić information content (AvgIpc) is 2.70. The van der Waals surface area contributed by atoms with E-state index in [-0.39, 0.29) is 11.8 Å². The van der Waals surface area contributed by atoms with Gasteiger partial charge in [-0.2, -0.15) is 0 Å². The molecule has 0 aliphatic carbocycles. The van der Waals surface area contributed by atoms with E-state index in [2.05, 4.69) is 20.9 Å². The fourth-order valence-corrected chi connectivity index (χ4v) is 2.26. The summed E-state index contributed by atoms with van der Waals surface area (Å²) in [7, 11) is 0. The number of halogens is 2. The zero-order valence-corrected chi connectivity index (χ0v) is 10.9. The number of hydrogen-bond donors (Lipinski definition) is 2. The van der Waals surface area contributed by atoms with Crippen molar-refractivity contribution >= 4 is 15.9 Å². The molecule has 2 N–H and O–H groups in total. The fourth-order valence-electron chi connectivity index (χ4n) is 1.86. The maximum Gasteiger partial charge on any atom is 0.330 e. The van der Waals surface area contributed by atoms with Crippen molar-refractivity contribution in [1.29, 1.82) is 0 Å². The lowest BCUT2D eigenvalue weighted by Crippen LogP contribution is -2.34. The number of ether oxygens (including phenoxy) is 1. The number of aromatic nitrogens is 2. The smallest absolute Gasteiger partial charge is 0.330 e. The molecule has 3 atom stereocenters. The largest absolute Gasteiger partial charge is 0.394 e. The number of rotatable bonds is 3. The molecule has 0 aromatic carbocycles. The van der Waals surface area contributed by atoms with Crippen molar-refractivity contribution in [3.8, 4) is 0 Å². The lowest BCUT2D eigenvalue weighted by molar-refractivity contribution is -0.0356. The zero-order valence-electron chi connectivity index (χ0n) is 9.31. The van der Waals surface area contributed by atoms with Crippen LogP contribution in [0.4, 0.5) is 4.39 Å². The van der Waals surface area contributed by atoms with Gasteiger partial charge in [-0.15, -0.1) is 0 Å². The van der Waals surface area contributed by atoms with Gasteiger partial charge in [0.05, 0.1) is 6.61 Å². The fraction of sp³-hybridized carbons (Fsp3) is 0.600. The van der Waals surface area contributed by atoms with Gasteiger partial charge in [0.2, 0.25) is 0 Å². The maximum atomic E-state index is 13.4. The molecule has 1 aliphatic rings. The Bertz CT molecular complexity index is 543. The molecule has 1 aromatic rings. The Labute approximate surface area is 110 Å². The molecule has 1 aliphatic heterocycles. The van der Waals surface area contributed by atoms with Gasteiger partial charge in [0, 0.05) is 23.5 Å². The number of aliphatic hydroxyl groups excluding tert-OH is 1. The van der Waals surface area contributed by atoms with Gasteiger partial charge < -0.3 is 9.84 Å². The van der Waals surface area contributed by atoms with Crippen LogP contribution in [0.2, 0.25) is 0 Å². The number of alkyl halides is 2. The third-order valence-electron chi connectivity index (χ3n) is 2.84. The second kappa shape index (κ2) is 5.33. The van der Waals surface area contributed by atoms with Crippen LogP contribution >= 0.6 is 15.9 Å². The van der Waals surface area contributed by atoms with Crippen molar-refractivity contribution in [2.75, 3.05) is 6.61 Å². The molecule has 1 unspecified atom stereocenters. The molecule has 0 amide bonds. The Morgan fingerprint density at radius 3 is 2.89 bits per heavy atom. The van der Waals surface area contributed by atoms with E-state index in [4.69, 9.17) is 9.84 Å². The molecule has 1 saturated heterocycles. The summed E-state index contributed by atoms with van der Waals surface area (Å²) in [4.78, 5) is 25.1. The predicted molar refractivity (Wildman–Crippen MR) is 64.5 cm³/mol. The predicted octanol–water partition coefficient (Wildman–Crippen LogP) is 0.0494. The third kappa shape index (κ3) is 2.40. The number of aromatic amines is 1. The summed E-state index contributed by atoms with van der Waals surface area (Å²) in [6.45, 7) is -0.443. The van der Waals surface area contributed by atoms with E-state index in [0.717, 1.165) is 4.57 Å². The molecule has 0 bridgehead atoms. The summed E-state index contributed by atoms with van der Waals surface area (Å²) in [5.41, 5.74) is -0.789. The van der Waals surface area contributed by atoms with E-state index >= 15 is 0 Å². The van der Waals surface area contributed by atoms with Crippen molar-refractivity contribution in [3.05, 3.63) is 32.6 Å². The first-order valence-electron chi connectivity index (χ1n) is 5.37. The van der Waals surface area contributed by atoms with Gasteiger partial charge in [0.1, 0.15) is 18.5 Å². The van der Waals surface area contributed by atoms with Crippen molar-refractivity contribution in [2.45, 2.75) is 30.3 Å². The van der Waals surface area contributed by atoms with Crippen LogP contribution in [0.1, 0.15) is 18.2 Å². The highest BCUT2D eigenvalue weighted by molar-refractivity contribution is 9.08. The van der Waals surface area contributed by atoms with Crippen LogP contribution in [0.25, 0.3) is 0 Å². The second-order valence-electron chi connectivity index (χ2n) is 4.02. The summed E-state index contributed by atoms with van der Waals surface area (Å²) in [6, 6.07) is 0. The van der Waals surface area contributed by atoms with Gasteiger partial charge in [-0.1, -0.05) is 15.9 Å². The maximum absolute atomic E-state index is 13.4. The summed E-state index contributed by atoms with van der Waals surface area (Å²) >= 11 is 3.12. The Balaban J connectivity index is 2.35. The van der Waals surface area contributed by atoms with Gasteiger partial charge in [-0.05, 0) is 0 Å². The van der Waals surface area contributed by atoms with Crippen LogP contribution in [0, 0.1) is 0 Å². The highest BCUT2D eigenvalue weighted by atomic mass is 79.9. The minimum atomic E-state index is -1.33. The molecule has 0 saturated carbocycles. The van der Waals surface area contributed by atoms with Crippen LogP contribution < -0.4 is 11.2 Å². The summed E-state index contributed by atoms with van der Waals surface area (Å²) in [5, 5.41) is 9.17. The molecule has 2 heterocycles. The topological polar surface area (TPSA) is 84.3 Å². The van der Waals surface area contributed by atoms with Gasteiger partial charge >= 0.3 is 5.69 Å². The Morgan fingerprint density at radius 2 is 2.33 bits per heavy atom. The number of H-pyrrole nitrogens is 1. The minimum Gasteiger partial charge on any atom is -0.394 e. The first kappa shape index (κ1) is 13.4. The summed E-state index contributed by atoms with van der Waals surface area (Å²) < 4.78 is 19.8. The molecule has 1 aromatic heterocycles. The van der Waals surface area contributed by atoms with Gasteiger partial charge in [0.25, 0.3) is 5.56 Å². The minimum absolute atomic E-state index is 0.0289. The monoisotopic (exact) mass is 322 g/mol. The number of aliphatic hydroxyl groups is 1. The molecule has 0 radical (unpaired) electrons. The molecule has 18 heavy (non-hydrogen) atoms. The lowest BCUT2D eigenvalue weighted by atomic mass is 10.2. The normalized spacial score (nSPS) is 27.6. The van der Waals surface area contributed by atoms with Crippen LogP contribution in [0.15, 0.2) is 15.8 Å². The van der Waals surface area contributed by atoms with Crippen LogP contribution in [-0.4, -0.2) is 33.5 Å². The van der Waals surface area contributed by atoms with E-state index in [0.29, 0.717) is 5.56 Å². The molecule has 0 spiro atoms. The standard InChI is InChI=1S/C10H12BrFN2O4/c11-2-5-3-14(10(17)13-9(5)16)8-1-6(12)7(4-15)18-8/h3,6-8,15H,1-2,4H2,(H,13,16,17)/t6?,7-,8-/m0/s1. The Hall–Kier alpha value is -0.990. The molecule has 2 rings (SSSR count). The Morgan fingerprint density at radius 1 is 1.61 bits per heavy atom. The molecule has 8 heteroatoms. The van der Waals surface area contributed by atoms with E-state index in [1.54, 1.807) is 0 Å². The second-order valence-corrected chi connectivity index (χ2v) is 4.58. The molecular weight excluding hydrogens is 311 g/mol. The van der Waals surface area contributed by atoms with Crippen molar-refractivity contribution < 1.29 is 14.2 Å². The van der Waals surface area contributed by atoms with Crippen molar-refractivity contribution in [3.63, 3.8) is 0 Å². The number of hydrogen-bond acceptors (Lipinski definition) is 4. The van der Waals surface area contributed by atoms with Crippen molar-refractivity contribution in [2.24, 2.45) is 0 Å². The zero-order chi connectivity index (χ0) is 13.3. The van der Waals surface area contributed by atoms with Crippen molar-refractivity contribution in [1.82, 2.24) is 9.55 Å². The lowest BCUT2D eigenvalue weighted by Gasteiger charge is -2.14. The quantitative estimate of drug-likeness (QED) is 0.770. The first-order valence-corrected chi connectivity index (χ1v) is 6.49. The van der Waals surface area contributed by atoms with Crippen LogP contribution in [0.3, 0.4) is 0 Å². The molecule has 6 nitrogen and oxygen atoms in total. The van der Waals surface area contributed by atoms with Gasteiger partial charge in [-0.3, -0.25) is 14.3 Å². The number of nitrogens with zero attached hydrogens (tertiary/aromatic N) is 1. The van der Waals surface area contributed by atoms with E-state index in [1.807, 2.05) is 0 Å².